The summed E-state index contributed by atoms with van der Waals surface area (Å²) < 4.78 is 6.18. The molecule has 2 N–H and O–H groups in total. The second-order valence-corrected chi connectivity index (χ2v) is 13.6. The third-order valence-corrected chi connectivity index (χ3v) is 10.2. The summed E-state index contributed by atoms with van der Waals surface area (Å²) in [6, 6.07) is 24.5. The Morgan fingerprint density at radius 2 is 1.72 bits per heavy atom. The molecule has 256 valence electrons. The van der Waals surface area contributed by atoms with E-state index in [0.717, 1.165) is 46.5 Å². The number of nitrogens with one attached hydrogen (secondary N) is 2. The van der Waals surface area contributed by atoms with Crippen molar-refractivity contribution in [1.29, 1.82) is 0 Å². The number of ether oxygens (including phenoxy) is 1. The zero-order valence-electron chi connectivity index (χ0n) is 28.3. The number of hydrogen-bond donors (Lipinski definition) is 2. The molecule has 50 heavy (non-hydrogen) atoms. The van der Waals surface area contributed by atoms with Crippen molar-refractivity contribution >= 4 is 34.1 Å². The maximum Gasteiger partial charge on any atom is 0.258 e. The lowest BCUT2D eigenvalue weighted by atomic mass is 10.0. The molecule has 2 aliphatic heterocycles. The molecular weight excluding hydrogens is 628 g/mol. The molecule has 1 atom stereocenters. The van der Waals surface area contributed by atoms with Gasteiger partial charge in [-0.05, 0) is 92.3 Å². The van der Waals surface area contributed by atoms with Crippen molar-refractivity contribution in [3.63, 3.8) is 0 Å². The van der Waals surface area contributed by atoms with E-state index in [1.165, 1.54) is 18.4 Å². The van der Waals surface area contributed by atoms with Crippen LogP contribution in [0.2, 0.25) is 0 Å². The fourth-order valence-corrected chi connectivity index (χ4v) is 7.33. The number of piperazine rings is 1. The van der Waals surface area contributed by atoms with E-state index in [-0.39, 0.29) is 18.4 Å². The highest BCUT2D eigenvalue weighted by molar-refractivity contribution is 6.01. The van der Waals surface area contributed by atoms with Crippen molar-refractivity contribution < 1.29 is 14.3 Å². The maximum absolute atomic E-state index is 13.9. The van der Waals surface area contributed by atoms with Crippen LogP contribution in [-0.4, -0.2) is 99.8 Å². The summed E-state index contributed by atoms with van der Waals surface area (Å²) >= 11 is 0. The monoisotopic (exact) mass is 670 g/mol. The summed E-state index contributed by atoms with van der Waals surface area (Å²) in [5.74, 6) is 1.25. The molecule has 1 saturated carbocycles. The number of anilines is 2. The van der Waals surface area contributed by atoms with Crippen LogP contribution in [0.15, 0.2) is 85.2 Å². The second-order valence-electron chi connectivity index (χ2n) is 13.6. The largest absolute Gasteiger partial charge is 0.368 e. The molecule has 11 nitrogen and oxygen atoms in total. The predicted octanol–water partition coefficient (Wildman–Crippen LogP) is 5.33. The van der Waals surface area contributed by atoms with Crippen molar-refractivity contribution in [2.45, 2.75) is 37.7 Å². The van der Waals surface area contributed by atoms with Gasteiger partial charge in [0.2, 0.25) is 5.91 Å². The van der Waals surface area contributed by atoms with Crippen molar-refractivity contribution in [2.24, 2.45) is 0 Å². The molecule has 11 heteroatoms. The van der Waals surface area contributed by atoms with Crippen molar-refractivity contribution in [1.82, 2.24) is 30.0 Å². The minimum atomic E-state index is -1.03. The molecule has 0 bridgehead atoms. The number of likely N-dealkylation sites (tertiary alicyclic amines) is 1. The number of nitrogens with zero attached hydrogens (tertiary/aromatic N) is 6. The lowest BCUT2D eigenvalue weighted by molar-refractivity contribution is -0.140. The summed E-state index contributed by atoms with van der Waals surface area (Å²) in [5.41, 5.74) is 5.97. The van der Waals surface area contributed by atoms with Gasteiger partial charge in [0.05, 0.1) is 17.8 Å². The number of fused-ring (bicyclic) bond motifs is 1. The Labute approximate surface area is 291 Å². The maximum atomic E-state index is 13.9. The molecule has 4 heterocycles. The van der Waals surface area contributed by atoms with Crippen LogP contribution >= 0.6 is 0 Å². The van der Waals surface area contributed by atoms with Gasteiger partial charge in [0.15, 0.2) is 11.4 Å². The standard InChI is InChI=1S/C39H42N8O3/c1-2-50-39(38(49)42-31-11-14-34-33(24-31)36(44-43-34)30-6-3-5-29(23-30)27-7-8-27)15-18-45(26-39)25-35(48)47-21-19-46(20-22-47)32-12-9-28(10-13-32)37-40-16-4-17-41-37/h3-6,9-14,16-17,23-24,27H,2,7-8,15,18-22,25-26H2,1H3,(H,42,49)(H,43,44). The van der Waals surface area contributed by atoms with Gasteiger partial charge in [-0.2, -0.15) is 5.10 Å². The molecule has 3 aromatic carbocycles. The number of carbonyl (C=O) groups is 2. The fourth-order valence-electron chi connectivity index (χ4n) is 7.33. The molecule has 0 radical (unpaired) electrons. The van der Waals surface area contributed by atoms with Crippen molar-refractivity contribution in [3.8, 4) is 22.6 Å². The highest BCUT2D eigenvalue weighted by atomic mass is 16.5. The first-order valence-electron chi connectivity index (χ1n) is 17.6. The van der Waals surface area contributed by atoms with E-state index >= 15 is 0 Å². The lowest BCUT2D eigenvalue weighted by Crippen LogP contribution is -2.52. The van der Waals surface area contributed by atoms with Crippen molar-refractivity contribution in [3.05, 3.63) is 90.8 Å². The van der Waals surface area contributed by atoms with E-state index in [1.54, 1.807) is 12.4 Å². The van der Waals surface area contributed by atoms with Crippen LogP contribution in [-0.2, 0) is 14.3 Å². The van der Waals surface area contributed by atoms with E-state index in [9.17, 15) is 9.59 Å². The third kappa shape index (κ3) is 6.58. The van der Waals surface area contributed by atoms with Gasteiger partial charge >= 0.3 is 0 Å². The van der Waals surface area contributed by atoms with Crippen LogP contribution < -0.4 is 10.2 Å². The van der Waals surface area contributed by atoms with Crippen LogP contribution in [0.1, 0.15) is 37.7 Å². The first kappa shape index (κ1) is 32.1. The lowest BCUT2D eigenvalue weighted by Gasteiger charge is -2.37. The van der Waals surface area contributed by atoms with E-state index < -0.39 is 5.60 Å². The normalized spacial score (nSPS) is 19.6. The third-order valence-electron chi connectivity index (χ3n) is 10.2. The average Bonchev–Trinajstić information content (AvgIpc) is 3.81. The predicted molar refractivity (Wildman–Crippen MR) is 194 cm³/mol. The molecule has 1 unspecified atom stereocenters. The van der Waals surface area contributed by atoms with E-state index in [4.69, 9.17) is 4.74 Å². The molecule has 1 aliphatic carbocycles. The molecule has 2 aromatic heterocycles. The highest BCUT2D eigenvalue weighted by Gasteiger charge is 2.46. The molecule has 3 aliphatic rings. The molecule has 2 amide bonds. The van der Waals surface area contributed by atoms with E-state index in [1.807, 2.05) is 48.2 Å². The minimum absolute atomic E-state index is 0.0811. The molecule has 0 spiro atoms. The van der Waals surface area contributed by atoms with E-state index in [0.29, 0.717) is 56.6 Å². The van der Waals surface area contributed by atoms with Crippen LogP contribution in [0.5, 0.6) is 0 Å². The van der Waals surface area contributed by atoms with Gasteiger partial charge in [-0.3, -0.25) is 19.6 Å². The Balaban J connectivity index is 0.880. The second kappa shape index (κ2) is 13.6. The number of hydrogen-bond acceptors (Lipinski definition) is 8. The summed E-state index contributed by atoms with van der Waals surface area (Å²) in [6.45, 7) is 6.36. The Bertz CT molecular complexity index is 1990. The number of aromatic nitrogens is 4. The summed E-state index contributed by atoms with van der Waals surface area (Å²) in [5, 5.41) is 11.9. The summed E-state index contributed by atoms with van der Waals surface area (Å²) in [6.07, 6.45) is 6.49. The molecule has 2 saturated heterocycles. The number of carbonyl (C=O) groups excluding carboxylic acids is 2. The van der Waals surface area contributed by atoms with E-state index in [2.05, 4.69) is 71.7 Å². The first-order chi connectivity index (χ1) is 24.5. The van der Waals surface area contributed by atoms with Gasteiger partial charge in [0.1, 0.15) is 0 Å². The van der Waals surface area contributed by atoms with Gasteiger partial charge in [0, 0.05) is 86.2 Å². The van der Waals surface area contributed by atoms with Gasteiger partial charge in [-0.15, -0.1) is 0 Å². The molecule has 3 fully saturated rings. The fraction of sp³-hybridized carbons (Fsp3) is 0.359. The molecule has 5 aromatic rings. The van der Waals surface area contributed by atoms with Gasteiger partial charge < -0.3 is 19.9 Å². The summed E-state index contributed by atoms with van der Waals surface area (Å²) in [4.78, 5) is 42.3. The van der Waals surface area contributed by atoms with Crippen LogP contribution in [0, 0.1) is 0 Å². The number of aromatic amines is 1. The van der Waals surface area contributed by atoms with Crippen LogP contribution in [0.4, 0.5) is 11.4 Å². The number of amides is 2. The Morgan fingerprint density at radius 1 is 0.920 bits per heavy atom. The minimum Gasteiger partial charge on any atom is -0.368 e. The molecular formula is C39H42N8O3. The van der Waals surface area contributed by atoms with Crippen LogP contribution in [0.3, 0.4) is 0 Å². The molecule has 8 rings (SSSR count). The summed E-state index contributed by atoms with van der Waals surface area (Å²) in [7, 11) is 0. The quantitative estimate of drug-likeness (QED) is 0.205. The number of H-pyrrole nitrogens is 1. The average molecular weight is 671 g/mol. The Hall–Kier alpha value is -5.13. The highest BCUT2D eigenvalue weighted by Crippen LogP contribution is 2.41. The van der Waals surface area contributed by atoms with Gasteiger partial charge in [0.25, 0.3) is 5.91 Å². The van der Waals surface area contributed by atoms with Gasteiger partial charge in [-0.25, -0.2) is 9.97 Å². The first-order valence-corrected chi connectivity index (χ1v) is 17.6. The van der Waals surface area contributed by atoms with Crippen molar-refractivity contribution in [2.75, 3.05) is 62.6 Å². The number of benzene rings is 3. The Morgan fingerprint density at radius 3 is 2.48 bits per heavy atom. The Kier molecular flexibility index (Phi) is 8.76. The SMILES string of the molecule is CCOC1(C(=O)Nc2ccc3[nH]nc(-c4cccc(C5CC5)c4)c3c2)CCN(CC(=O)N2CCN(c3ccc(-c4ncccn4)cc3)CC2)C1. The van der Waals surface area contributed by atoms with Crippen LogP contribution in [0.25, 0.3) is 33.5 Å². The zero-order chi connectivity index (χ0) is 34.1. The van der Waals surface area contributed by atoms with Gasteiger partial charge in [-0.1, -0.05) is 18.2 Å². The number of rotatable bonds is 10. The topological polar surface area (TPSA) is 120 Å². The zero-order valence-corrected chi connectivity index (χ0v) is 28.3. The smallest absolute Gasteiger partial charge is 0.258 e.